The van der Waals surface area contributed by atoms with Gasteiger partial charge in [-0.25, -0.2) is 8.78 Å². The van der Waals surface area contributed by atoms with Gasteiger partial charge >= 0.3 is 6.18 Å². The molecule has 0 N–H and O–H groups in total. The molecule has 0 saturated heterocycles. The number of hydrogen-bond acceptors (Lipinski definition) is 2. The van der Waals surface area contributed by atoms with Gasteiger partial charge in [-0.1, -0.05) is 12.1 Å². The molecule has 0 spiro atoms. The van der Waals surface area contributed by atoms with Gasteiger partial charge in [0.15, 0.2) is 11.6 Å². The molecule has 0 aliphatic heterocycles. The molecular weight excluding hydrogens is 288 g/mol. The second-order valence-corrected chi connectivity index (χ2v) is 3.64. The van der Waals surface area contributed by atoms with Crippen LogP contribution in [0.5, 0.6) is 11.6 Å². The van der Waals surface area contributed by atoms with E-state index in [1.807, 2.05) is 0 Å². The summed E-state index contributed by atoms with van der Waals surface area (Å²) in [5.41, 5.74) is -1.19. The minimum atomic E-state index is -4.74. The van der Waals surface area contributed by atoms with Crippen molar-refractivity contribution in [3.05, 3.63) is 53.5 Å². The van der Waals surface area contributed by atoms with E-state index < -0.39 is 41.0 Å². The molecule has 0 bridgehead atoms. The van der Waals surface area contributed by atoms with Crippen molar-refractivity contribution >= 4 is 0 Å². The molecule has 0 radical (unpaired) electrons. The maximum Gasteiger partial charge on any atom is 0.419 e. The summed E-state index contributed by atoms with van der Waals surface area (Å²) in [4.78, 5) is 2.78. The maximum absolute atomic E-state index is 13.3. The first kappa shape index (κ1) is 14.2. The van der Waals surface area contributed by atoms with Gasteiger partial charge in [0.1, 0.15) is 5.75 Å². The molecular formula is C12H5F6NO. The minimum Gasteiger partial charge on any atom is -0.436 e. The molecule has 2 aromatic rings. The van der Waals surface area contributed by atoms with Gasteiger partial charge in [0.2, 0.25) is 0 Å². The Bertz CT molecular complexity index is 640. The summed E-state index contributed by atoms with van der Waals surface area (Å²) >= 11 is 0. The Morgan fingerprint density at radius 1 is 0.950 bits per heavy atom. The van der Waals surface area contributed by atoms with Gasteiger partial charge in [-0.2, -0.15) is 22.5 Å². The molecule has 1 heterocycles. The largest absolute Gasteiger partial charge is 0.436 e. The van der Waals surface area contributed by atoms with E-state index in [0.717, 1.165) is 12.1 Å². The van der Waals surface area contributed by atoms with Crippen LogP contribution >= 0.6 is 0 Å². The van der Waals surface area contributed by atoms with Crippen molar-refractivity contribution < 1.29 is 31.1 Å². The highest BCUT2D eigenvalue weighted by Crippen LogP contribution is 2.37. The molecule has 2 rings (SSSR count). The monoisotopic (exact) mass is 293 g/mol. The number of hydrogen-bond donors (Lipinski definition) is 0. The standard InChI is InChI=1S/C12H5F6NO/c13-7-5-8(14)11(19-10(7)15)20-9-4-2-1-3-6(9)12(16,17)18/h1-5H. The number of benzene rings is 1. The lowest BCUT2D eigenvalue weighted by molar-refractivity contribution is -0.138. The second kappa shape index (κ2) is 5.03. The summed E-state index contributed by atoms with van der Waals surface area (Å²) in [7, 11) is 0. The van der Waals surface area contributed by atoms with Crippen LogP contribution in [0, 0.1) is 17.6 Å². The van der Waals surface area contributed by atoms with E-state index in [0.29, 0.717) is 6.07 Å². The third-order valence-electron chi connectivity index (χ3n) is 2.25. The molecule has 0 aliphatic carbocycles. The summed E-state index contributed by atoms with van der Waals surface area (Å²) in [5.74, 6) is -6.51. The van der Waals surface area contributed by atoms with Crippen molar-refractivity contribution in [2.24, 2.45) is 0 Å². The van der Waals surface area contributed by atoms with Crippen molar-refractivity contribution in [1.29, 1.82) is 0 Å². The molecule has 0 fully saturated rings. The highest BCUT2D eigenvalue weighted by molar-refractivity contribution is 5.38. The van der Waals surface area contributed by atoms with Crippen LogP contribution in [0.1, 0.15) is 5.56 Å². The fraction of sp³-hybridized carbons (Fsp3) is 0.0833. The molecule has 2 nitrogen and oxygen atoms in total. The van der Waals surface area contributed by atoms with Gasteiger partial charge in [-0.15, -0.1) is 0 Å². The lowest BCUT2D eigenvalue weighted by atomic mass is 10.2. The highest BCUT2D eigenvalue weighted by atomic mass is 19.4. The molecule has 0 unspecified atom stereocenters. The maximum atomic E-state index is 13.3. The molecule has 1 aromatic heterocycles. The highest BCUT2D eigenvalue weighted by Gasteiger charge is 2.34. The summed E-state index contributed by atoms with van der Waals surface area (Å²) < 4.78 is 81.4. The molecule has 8 heteroatoms. The molecule has 0 amide bonds. The quantitative estimate of drug-likeness (QED) is 0.608. The van der Waals surface area contributed by atoms with Crippen LogP contribution in [0.25, 0.3) is 0 Å². The van der Waals surface area contributed by atoms with Crippen molar-refractivity contribution in [2.45, 2.75) is 6.18 Å². The van der Waals surface area contributed by atoms with Gasteiger partial charge in [0.25, 0.3) is 11.8 Å². The zero-order valence-corrected chi connectivity index (χ0v) is 9.51. The zero-order chi connectivity index (χ0) is 14.9. The Hall–Kier alpha value is -2.25. The average molecular weight is 293 g/mol. The van der Waals surface area contributed by atoms with Crippen LogP contribution in [0.2, 0.25) is 0 Å². The summed E-state index contributed by atoms with van der Waals surface area (Å²) in [6.07, 6.45) is -4.74. The van der Waals surface area contributed by atoms with Crippen LogP contribution in [0.3, 0.4) is 0 Å². The van der Waals surface area contributed by atoms with E-state index in [4.69, 9.17) is 0 Å². The summed E-state index contributed by atoms with van der Waals surface area (Å²) in [6.45, 7) is 0. The fourth-order valence-electron chi connectivity index (χ4n) is 1.39. The van der Waals surface area contributed by atoms with E-state index in [-0.39, 0.29) is 6.07 Å². The Morgan fingerprint density at radius 2 is 1.60 bits per heavy atom. The number of para-hydroxylation sites is 1. The van der Waals surface area contributed by atoms with E-state index in [1.165, 1.54) is 6.07 Å². The van der Waals surface area contributed by atoms with Crippen LogP contribution in [0.4, 0.5) is 26.3 Å². The summed E-state index contributed by atoms with van der Waals surface area (Å²) in [6, 6.07) is 4.05. The van der Waals surface area contributed by atoms with E-state index >= 15 is 0 Å². The van der Waals surface area contributed by atoms with E-state index in [9.17, 15) is 26.3 Å². The third-order valence-corrected chi connectivity index (χ3v) is 2.25. The van der Waals surface area contributed by atoms with Crippen LogP contribution in [-0.2, 0) is 6.18 Å². The number of aromatic nitrogens is 1. The predicted octanol–water partition coefficient (Wildman–Crippen LogP) is 4.31. The summed E-state index contributed by atoms with van der Waals surface area (Å²) in [5, 5.41) is 0. The number of pyridine rings is 1. The Balaban J connectivity index is 2.43. The van der Waals surface area contributed by atoms with Gasteiger partial charge in [0, 0.05) is 6.07 Å². The van der Waals surface area contributed by atoms with Crippen LogP contribution in [0.15, 0.2) is 30.3 Å². The van der Waals surface area contributed by atoms with Crippen molar-refractivity contribution in [1.82, 2.24) is 4.98 Å². The lowest BCUT2D eigenvalue weighted by Crippen LogP contribution is -2.08. The van der Waals surface area contributed by atoms with Crippen LogP contribution in [-0.4, -0.2) is 4.98 Å². The number of nitrogens with zero attached hydrogens (tertiary/aromatic N) is 1. The van der Waals surface area contributed by atoms with Crippen molar-refractivity contribution in [3.8, 4) is 11.6 Å². The second-order valence-electron chi connectivity index (χ2n) is 3.64. The normalized spacial score (nSPS) is 11.5. The molecule has 20 heavy (non-hydrogen) atoms. The third kappa shape index (κ3) is 2.84. The molecule has 1 aromatic carbocycles. The fourth-order valence-corrected chi connectivity index (χ4v) is 1.39. The van der Waals surface area contributed by atoms with Gasteiger partial charge in [0.05, 0.1) is 5.56 Å². The van der Waals surface area contributed by atoms with Gasteiger partial charge < -0.3 is 4.74 Å². The van der Waals surface area contributed by atoms with E-state index in [2.05, 4.69) is 9.72 Å². The molecule has 0 aliphatic rings. The first-order valence-corrected chi connectivity index (χ1v) is 5.14. The topological polar surface area (TPSA) is 22.1 Å². The molecule has 0 saturated carbocycles. The molecule has 0 atom stereocenters. The first-order chi connectivity index (χ1) is 9.29. The first-order valence-electron chi connectivity index (χ1n) is 5.14. The zero-order valence-electron chi connectivity index (χ0n) is 9.51. The smallest absolute Gasteiger partial charge is 0.419 e. The molecule has 106 valence electrons. The number of halogens is 6. The van der Waals surface area contributed by atoms with Gasteiger partial charge in [-0.05, 0) is 12.1 Å². The van der Waals surface area contributed by atoms with Crippen molar-refractivity contribution in [2.75, 3.05) is 0 Å². The van der Waals surface area contributed by atoms with Crippen molar-refractivity contribution in [3.63, 3.8) is 0 Å². The minimum absolute atomic E-state index is 0.133. The lowest BCUT2D eigenvalue weighted by Gasteiger charge is -2.13. The van der Waals surface area contributed by atoms with E-state index in [1.54, 1.807) is 0 Å². The number of rotatable bonds is 2. The van der Waals surface area contributed by atoms with Gasteiger partial charge in [-0.3, -0.25) is 0 Å². The number of alkyl halides is 3. The number of ether oxygens (including phenoxy) is 1. The SMILES string of the molecule is Fc1cc(F)c(Oc2ccccc2C(F)(F)F)nc1F. The Labute approximate surface area is 108 Å². The van der Waals surface area contributed by atoms with Crippen LogP contribution < -0.4 is 4.74 Å². The Kier molecular flexibility index (Phi) is 3.56. The predicted molar refractivity (Wildman–Crippen MR) is 55.6 cm³/mol. The Morgan fingerprint density at radius 3 is 2.25 bits per heavy atom. The average Bonchev–Trinajstić information content (AvgIpc) is 2.35.